The Kier molecular flexibility index (Phi) is 6.35. The largest absolute Gasteiger partial charge is 0.383 e. The number of methoxy groups -OCH3 is 1. The van der Waals surface area contributed by atoms with Crippen molar-refractivity contribution in [3.63, 3.8) is 0 Å². The average molecular weight is 279 g/mol. The number of nitrogens with one attached hydrogen (secondary N) is 1. The molecule has 0 aliphatic carbocycles. The number of hydrogen-bond acceptors (Lipinski definition) is 6. The van der Waals surface area contributed by atoms with Gasteiger partial charge < -0.3 is 10.1 Å². The highest BCUT2D eigenvalue weighted by Crippen LogP contribution is 2.18. The highest BCUT2D eigenvalue weighted by molar-refractivity contribution is 7.10. The van der Waals surface area contributed by atoms with Crippen molar-refractivity contribution in [2.24, 2.45) is 0 Å². The summed E-state index contributed by atoms with van der Waals surface area (Å²) >= 11 is 7.02. The molecule has 1 N–H and O–H groups in total. The molecule has 17 heavy (non-hydrogen) atoms. The Morgan fingerprint density at radius 3 is 3.00 bits per heavy atom. The number of nitrogens with zero attached hydrogens (tertiary/aromatic N) is 3. The van der Waals surface area contributed by atoms with E-state index in [2.05, 4.69) is 14.9 Å². The molecule has 0 fully saturated rings. The maximum atomic E-state index is 11.5. The van der Waals surface area contributed by atoms with Crippen LogP contribution in [0.4, 0.5) is 0 Å². The molecule has 1 aromatic heterocycles. The van der Waals surface area contributed by atoms with Gasteiger partial charge in [0.05, 0.1) is 13.2 Å². The number of aromatic nitrogens is 2. The summed E-state index contributed by atoms with van der Waals surface area (Å²) in [5, 5.41) is 6.62. The molecular formula is C9H15ClN4O2S. The normalized spacial score (nSPS) is 10.8. The van der Waals surface area contributed by atoms with Gasteiger partial charge in [-0.2, -0.15) is 0 Å². The summed E-state index contributed by atoms with van der Waals surface area (Å²) in [6, 6.07) is 0. The van der Waals surface area contributed by atoms with Crippen LogP contribution < -0.4 is 5.32 Å². The lowest BCUT2D eigenvalue weighted by Crippen LogP contribution is -2.36. The Balaban J connectivity index is 2.27. The summed E-state index contributed by atoms with van der Waals surface area (Å²) in [7, 11) is 3.42. The van der Waals surface area contributed by atoms with E-state index in [-0.39, 0.29) is 12.5 Å². The molecule has 0 saturated carbocycles. The summed E-state index contributed by atoms with van der Waals surface area (Å²) in [4.78, 5) is 13.3. The molecule has 1 aromatic rings. The second-order valence-corrected chi connectivity index (χ2v) is 4.86. The van der Waals surface area contributed by atoms with Crippen LogP contribution in [0.15, 0.2) is 0 Å². The number of hydrogen-bond donors (Lipinski definition) is 1. The van der Waals surface area contributed by atoms with Gasteiger partial charge in [-0.15, -0.1) is 5.10 Å². The monoisotopic (exact) mass is 278 g/mol. The van der Waals surface area contributed by atoms with Crippen LogP contribution in [0.25, 0.3) is 0 Å². The van der Waals surface area contributed by atoms with Gasteiger partial charge in [-0.1, -0.05) is 16.1 Å². The third-order valence-electron chi connectivity index (χ3n) is 1.97. The van der Waals surface area contributed by atoms with Crippen molar-refractivity contribution in [1.82, 2.24) is 19.8 Å². The van der Waals surface area contributed by atoms with Gasteiger partial charge in [0, 0.05) is 31.7 Å². The molecule has 0 radical (unpaired) electrons. The van der Waals surface area contributed by atoms with Gasteiger partial charge in [0.2, 0.25) is 5.91 Å². The van der Waals surface area contributed by atoms with Crippen molar-refractivity contribution < 1.29 is 9.53 Å². The Labute approximate surface area is 109 Å². The second kappa shape index (κ2) is 7.54. The van der Waals surface area contributed by atoms with E-state index in [4.69, 9.17) is 16.3 Å². The molecule has 1 amide bonds. The number of ether oxygens (including phenoxy) is 1. The molecule has 0 aliphatic heterocycles. The van der Waals surface area contributed by atoms with Crippen LogP contribution in [-0.4, -0.2) is 54.2 Å². The molecule has 0 aliphatic rings. The van der Waals surface area contributed by atoms with Crippen LogP contribution in [0.2, 0.25) is 4.34 Å². The molecule has 8 heteroatoms. The van der Waals surface area contributed by atoms with Crippen LogP contribution >= 0.6 is 23.1 Å². The van der Waals surface area contributed by atoms with Gasteiger partial charge in [-0.05, 0) is 7.05 Å². The molecule has 0 saturated heterocycles. The third kappa shape index (κ3) is 5.40. The van der Waals surface area contributed by atoms with Gasteiger partial charge in [0.1, 0.15) is 10.0 Å². The minimum atomic E-state index is -0.0520. The molecule has 0 aromatic carbocycles. The minimum Gasteiger partial charge on any atom is -0.383 e. The quantitative estimate of drug-likeness (QED) is 0.731. The molecule has 96 valence electrons. The van der Waals surface area contributed by atoms with E-state index in [1.165, 1.54) is 0 Å². The van der Waals surface area contributed by atoms with Gasteiger partial charge in [-0.25, -0.2) is 0 Å². The minimum absolute atomic E-state index is 0.0520. The van der Waals surface area contributed by atoms with Gasteiger partial charge >= 0.3 is 0 Å². The molecule has 1 rings (SSSR count). The molecule has 0 unspecified atom stereocenters. The lowest BCUT2D eigenvalue weighted by Gasteiger charge is -2.14. The average Bonchev–Trinajstić information content (AvgIpc) is 2.64. The van der Waals surface area contributed by atoms with E-state index in [0.717, 1.165) is 11.5 Å². The fraction of sp³-hybridized carbons (Fsp3) is 0.667. The zero-order valence-corrected chi connectivity index (χ0v) is 11.3. The molecule has 0 atom stereocenters. The predicted octanol–water partition coefficient (Wildman–Crippen LogP) is 0.386. The molecule has 6 nitrogen and oxygen atoms in total. The number of halogens is 1. The highest BCUT2D eigenvalue weighted by atomic mass is 35.5. The summed E-state index contributed by atoms with van der Waals surface area (Å²) < 4.78 is 9.13. The Bertz CT molecular complexity index is 361. The van der Waals surface area contributed by atoms with E-state index in [9.17, 15) is 4.79 Å². The molecule has 1 heterocycles. The maximum Gasteiger partial charge on any atom is 0.234 e. The van der Waals surface area contributed by atoms with Crippen LogP contribution in [0.5, 0.6) is 0 Å². The maximum absolute atomic E-state index is 11.5. The highest BCUT2D eigenvalue weighted by Gasteiger charge is 2.11. The lowest BCUT2D eigenvalue weighted by atomic mass is 10.4. The van der Waals surface area contributed by atoms with Gasteiger partial charge in [-0.3, -0.25) is 9.69 Å². The van der Waals surface area contributed by atoms with Crippen LogP contribution in [0, 0.1) is 0 Å². The first-order valence-electron chi connectivity index (χ1n) is 5.04. The fourth-order valence-electron chi connectivity index (χ4n) is 1.20. The van der Waals surface area contributed by atoms with E-state index in [1.54, 1.807) is 7.11 Å². The van der Waals surface area contributed by atoms with E-state index >= 15 is 0 Å². The Morgan fingerprint density at radius 1 is 1.65 bits per heavy atom. The molecule has 0 bridgehead atoms. The molecule has 0 spiro atoms. The third-order valence-corrected chi connectivity index (χ3v) is 2.96. The zero-order valence-electron chi connectivity index (χ0n) is 9.77. The fourth-order valence-corrected chi connectivity index (χ4v) is 1.81. The number of carbonyl (C=O) groups excluding carboxylic acids is 1. The standard InChI is InChI=1S/C9H15ClN4O2S/c1-14(5-7-9(10)17-13-12-7)6-8(15)11-3-4-16-2/h3-6H2,1-2H3,(H,11,15). The van der Waals surface area contributed by atoms with Crippen molar-refractivity contribution in [3.8, 4) is 0 Å². The van der Waals surface area contributed by atoms with Crippen molar-refractivity contribution in [2.75, 3.05) is 33.9 Å². The topological polar surface area (TPSA) is 67.3 Å². The SMILES string of the molecule is COCCNC(=O)CN(C)Cc1nnsc1Cl. The summed E-state index contributed by atoms with van der Waals surface area (Å²) in [6.45, 7) is 1.82. The van der Waals surface area contributed by atoms with Crippen LogP contribution in [0.3, 0.4) is 0 Å². The summed E-state index contributed by atoms with van der Waals surface area (Å²) in [5.41, 5.74) is 0.698. The van der Waals surface area contributed by atoms with Crippen molar-refractivity contribution in [3.05, 3.63) is 10.0 Å². The lowest BCUT2D eigenvalue weighted by molar-refractivity contribution is -0.122. The van der Waals surface area contributed by atoms with E-state index < -0.39 is 0 Å². The first-order chi connectivity index (χ1) is 8.13. The van der Waals surface area contributed by atoms with Crippen LogP contribution in [0.1, 0.15) is 5.69 Å². The van der Waals surface area contributed by atoms with Crippen molar-refractivity contribution in [2.45, 2.75) is 6.54 Å². The zero-order chi connectivity index (χ0) is 12.7. The van der Waals surface area contributed by atoms with E-state index in [1.807, 2.05) is 11.9 Å². The van der Waals surface area contributed by atoms with Gasteiger partial charge in [0.25, 0.3) is 0 Å². The van der Waals surface area contributed by atoms with Crippen LogP contribution in [-0.2, 0) is 16.1 Å². The smallest absolute Gasteiger partial charge is 0.234 e. The number of amides is 1. The second-order valence-electron chi connectivity index (χ2n) is 3.51. The summed E-state index contributed by atoms with van der Waals surface area (Å²) in [6.07, 6.45) is 0. The predicted molar refractivity (Wildman–Crippen MR) is 66.1 cm³/mol. The summed E-state index contributed by atoms with van der Waals surface area (Å²) in [5.74, 6) is -0.0520. The Morgan fingerprint density at radius 2 is 2.41 bits per heavy atom. The first kappa shape index (κ1) is 14.3. The molecular weight excluding hydrogens is 264 g/mol. The number of carbonyl (C=O) groups is 1. The van der Waals surface area contributed by atoms with Crippen molar-refractivity contribution in [1.29, 1.82) is 0 Å². The Hall–Kier alpha value is -0.760. The van der Waals surface area contributed by atoms with Gasteiger partial charge in [0.15, 0.2) is 0 Å². The first-order valence-corrected chi connectivity index (χ1v) is 6.19. The number of rotatable bonds is 7. The van der Waals surface area contributed by atoms with E-state index in [0.29, 0.717) is 29.7 Å². The van der Waals surface area contributed by atoms with Crippen molar-refractivity contribution >= 4 is 29.0 Å². The number of likely N-dealkylation sites (N-methyl/N-ethyl adjacent to an activating group) is 1.